The van der Waals surface area contributed by atoms with Crippen LogP contribution in [0.5, 0.6) is 11.5 Å². The summed E-state index contributed by atoms with van der Waals surface area (Å²) in [4.78, 5) is 24.6. The summed E-state index contributed by atoms with van der Waals surface area (Å²) in [6.07, 6.45) is 6.53. The first-order valence-corrected chi connectivity index (χ1v) is 12.2. The van der Waals surface area contributed by atoms with E-state index in [2.05, 4.69) is 9.62 Å². The van der Waals surface area contributed by atoms with Crippen molar-refractivity contribution < 1.29 is 32.2 Å². The molecule has 0 spiro atoms. The minimum absolute atomic E-state index is 0. The Labute approximate surface area is 214 Å². The van der Waals surface area contributed by atoms with Crippen LogP contribution in [0.1, 0.15) is 44.1 Å². The molecular weight excluding hydrogens is 480 g/mol. The molecule has 3 rings (SSSR count). The number of benzene rings is 1. The molecular formula is C20H27Al2N3O7S. The number of amides is 2. The molecule has 2 amide bonds. The standard InChI is InChI=1S/C20H28N3O7S.2Al/c21-20(25)22-10-16(19(24)28-12-14-5-3-1-2-4-6-14)23(31(26)27)11-15-7-8-17-18(9-15)30-13-29-17;;/h7-9,14,16H,1-6,10-13H2,(H3,21,22,25);;/q-1;2*+1/p-1/t16-;;/m1../s1. The molecule has 0 aromatic heterocycles. The number of nitrogens with one attached hydrogen (secondary N) is 2. The monoisotopic (exact) mass is 507 g/mol. The molecule has 1 aromatic rings. The van der Waals surface area contributed by atoms with Gasteiger partial charge in [0, 0.05) is 13.1 Å². The molecule has 2 aliphatic rings. The number of hydrogen-bond donors (Lipinski definition) is 2. The van der Waals surface area contributed by atoms with Gasteiger partial charge >= 0.3 is 39.8 Å². The maximum Gasteiger partial charge on any atom is 1.00 e. The van der Waals surface area contributed by atoms with Crippen molar-refractivity contribution in [1.82, 2.24) is 13.9 Å². The Morgan fingerprint density at radius 1 is 1.15 bits per heavy atom. The van der Waals surface area contributed by atoms with Crippen LogP contribution in [0.15, 0.2) is 18.2 Å². The van der Waals surface area contributed by atoms with Crippen LogP contribution in [-0.2, 0) is 35.4 Å². The summed E-state index contributed by atoms with van der Waals surface area (Å²) in [6.45, 7) is 0.0110. The summed E-state index contributed by atoms with van der Waals surface area (Å²) >= 11 is 2.04. The molecule has 1 aromatic carbocycles. The molecule has 0 bridgehead atoms. The van der Waals surface area contributed by atoms with Crippen LogP contribution in [0.2, 0.25) is 0 Å². The third kappa shape index (κ3) is 8.36. The van der Waals surface area contributed by atoms with Gasteiger partial charge in [-0.15, -0.1) is 0 Å². The van der Waals surface area contributed by atoms with Crippen molar-refractivity contribution in [3.05, 3.63) is 23.8 Å². The third-order valence-corrected chi connectivity index (χ3v) is 6.64. The summed E-state index contributed by atoms with van der Waals surface area (Å²) in [5, 5.41) is 2.49. The molecule has 1 fully saturated rings. The Hall–Kier alpha value is -1.47. The van der Waals surface area contributed by atoms with Gasteiger partial charge in [0.1, 0.15) is 6.04 Å². The largest absolute Gasteiger partial charge is 1.00 e. The molecule has 1 atom stereocenters. The topological polar surface area (TPSA) is 123 Å². The second-order valence-corrected chi connectivity index (χ2v) is 9.03. The minimum Gasteiger partial charge on any atom is -0.464 e. The molecule has 4 radical (unpaired) electrons. The molecule has 0 unspecified atom stereocenters. The Kier molecular flexibility index (Phi) is 11.8. The van der Waals surface area contributed by atoms with E-state index in [0.717, 1.165) is 30.0 Å². The number of nitrogens with zero attached hydrogens (tertiary/aromatic N) is 1. The fourth-order valence-electron chi connectivity index (χ4n) is 3.86. The first-order chi connectivity index (χ1) is 15.5. The van der Waals surface area contributed by atoms with Gasteiger partial charge in [-0.05, 0) is 47.3 Å². The van der Waals surface area contributed by atoms with Crippen LogP contribution in [0.3, 0.4) is 0 Å². The van der Waals surface area contributed by atoms with Crippen molar-refractivity contribution in [2.75, 3.05) is 19.9 Å². The Morgan fingerprint density at radius 3 is 2.52 bits per heavy atom. The molecule has 10 nitrogen and oxygen atoms in total. The van der Waals surface area contributed by atoms with E-state index in [9.17, 15) is 18.0 Å². The first-order valence-electron chi connectivity index (χ1n) is 10.6. The maximum absolute atomic E-state index is 12.9. The number of urea groups is 1. The van der Waals surface area contributed by atoms with E-state index >= 15 is 0 Å². The zero-order valence-electron chi connectivity index (χ0n) is 18.3. The van der Waals surface area contributed by atoms with Gasteiger partial charge in [0.15, 0.2) is 11.5 Å². The quantitative estimate of drug-likeness (QED) is 0.224. The normalized spacial score (nSPS) is 16.5. The second-order valence-electron chi connectivity index (χ2n) is 7.84. The van der Waals surface area contributed by atoms with Gasteiger partial charge in [0.05, 0.1) is 6.61 Å². The van der Waals surface area contributed by atoms with Crippen LogP contribution in [0.4, 0.5) is 4.79 Å². The van der Waals surface area contributed by atoms with Crippen molar-refractivity contribution in [1.29, 1.82) is 0 Å². The van der Waals surface area contributed by atoms with Gasteiger partial charge in [-0.3, -0.25) is 9.59 Å². The summed E-state index contributed by atoms with van der Waals surface area (Å²) in [5.41, 5.74) is 0.607. The summed E-state index contributed by atoms with van der Waals surface area (Å²) in [6, 6.07) is 3.27. The van der Waals surface area contributed by atoms with Crippen molar-refractivity contribution in [2.45, 2.75) is 51.1 Å². The van der Waals surface area contributed by atoms with E-state index in [1.165, 1.54) is 12.8 Å². The van der Waals surface area contributed by atoms with Crippen LogP contribution < -0.4 is 19.1 Å². The summed E-state index contributed by atoms with van der Waals surface area (Å²) in [5.74, 6) is 0.655. The molecule has 1 heterocycles. The SMILES string of the molecule is O=C([NH][Al])NC[C@H](C(=O)OCC1CCCCCC1)N(Cc1ccc2c(c1)OCO2)[S-](=O)=O.[Al+]. The van der Waals surface area contributed by atoms with Gasteiger partial charge in [-0.25, -0.2) is 0 Å². The Bertz CT molecular complexity index is 871. The van der Waals surface area contributed by atoms with Gasteiger partial charge in [0.2, 0.25) is 6.79 Å². The molecule has 1 aliphatic heterocycles. The molecule has 0 saturated heterocycles. The Balaban J connectivity index is 0.00000385. The van der Waals surface area contributed by atoms with Crippen molar-refractivity contribution in [3.63, 3.8) is 0 Å². The van der Waals surface area contributed by atoms with E-state index in [4.69, 9.17) is 14.2 Å². The summed E-state index contributed by atoms with van der Waals surface area (Å²) in [7, 11) is -2.75. The molecule has 176 valence electrons. The van der Waals surface area contributed by atoms with Gasteiger partial charge in [0.25, 0.3) is 6.03 Å². The second kappa shape index (κ2) is 14.1. The predicted molar refractivity (Wildman–Crippen MR) is 121 cm³/mol. The number of carbonyl (C=O) groups excluding carboxylic acids is 2. The van der Waals surface area contributed by atoms with Crippen molar-refractivity contribution >= 4 is 56.8 Å². The van der Waals surface area contributed by atoms with Crippen molar-refractivity contribution in [2.24, 2.45) is 5.92 Å². The number of esters is 1. The number of carbonyl (C=O) groups is 2. The van der Waals surface area contributed by atoms with E-state index in [0.29, 0.717) is 17.1 Å². The zero-order valence-corrected chi connectivity index (χ0v) is 21.5. The van der Waals surface area contributed by atoms with E-state index in [1.807, 2.05) is 16.5 Å². The molecule has 1 saturated carbocycles. The van der Waals surface area contributed by atoms with Crippen molar-refractivity contribution in [3.8, 4) is 11.5 Å². The smallest absolute Gasteiger partial charge is 0.464 e. The fourth-order valence-corrected chi connectivity index (χ4v) is 4.58. The number of hydrogen-bond acceptors (Lipinski definition) is 8. The minimum atomic E-state index is -2.75. The van der Waals surface area contributed by atoms with Gasteiger partial charge < -0.3 is 36.6 Å². The van der Waals surface area contributed by atoms with Crippen LogP contribution in [0.25, 0.3) is 0 Å². The fraction of sp³-hybridized carbons (Fsp3) is 0.600. The maximum atomic E-state index is 12.9. The molecule has 1 aliphatic carbocycles. The predicted octanol–water partition coefficient (Wildman–Crippen LogP) is 1.33. The number of fused-ring (bicyclic) bond motifs is 1. The van der Waals surface area contributed by atoms with Crippen LogP contribution in [0, 0.1) is 5.92 Å². The van der Waals surface area contributed by atoms with Gasteiger partial charge in [-0.2, -0.15) is 0 Å². The molecule has 33 heavy (non-hydrogen) atoms. The first kappa shape index (κ1) is 27.8. The van der Waals surface area contributed by atoms with Crippen LogP contribution >= 0.6 is 0 Å². The van der Waals surface area contributed by atoms with E-state index in [1.54, 1.807) is 18.2 Å². The van der Waals surface area contributed by atoms with E-state index < -0.39 is 28.9 Å². The van der Waals surface area contributed by atoms with Crippen LogP contribution in [-0.4, -0.2) is 76.2 Å². The third-order valence-electron chi connectivity index (χ3n) is 5.61. The van der Waals surface area contributed by atoms with Gasteiger partial charge in [-0.1, -0.05) is 31.7 Å². The Morgan fingerprint density at radius 2 is 1.85 bits per heavy atom. The number of ether oxygens (including phenoxy) is 3. The average Bonchev–Trinajstić information content (AvgIpc) is 3.10. The summed E-state index contributed by atoms with van der Waals surface area (Å²) < 4.78 is 43.6. The van der Waals surface area contributed by atoms with E-state index in [-0.39, 0.29) is 49.8 Å². The number of rotatable bonds is 9. The average molecular weight is 507 g/mol. The zero-order chi connectivity index (χ0) is 22.9. The molecule has 2 N–H and O–H groups in total. The molecule has 13 heteroatoms.